The van der Waals surface area contributed by atoms with Gasteiger partial charge in [0, 0.05) is 29.8 Å². The molecule has 0 saturated carbocycles. The predicted molar refractivity (Wildman–Crippen MR) is 119 cm³/mol. The maximum atomic E-state index is 14.9. The number of carbonyl (C=O) groups excluding carboxylic acids is 2. The van der Waals surface area contributed by atoms with Gasteiger partial charge in [0.1, 0.15) is 24.0 Å². The first-order valence-corrected chi connectivity index (χ1v) is 10.7. The van der Waals surface area contributed by atoms with E-state index in [1.165, 1.54) is 25.4 Å². The highest BCUT2D eigenvalue weighted by molar-refractivity contribution is 9.10. The number of hydrogen-bond acceptors (Lipinski definition) is 6. The molecular weight excluding hydrogens is 505 g/mol. The third kappa shape index (κ3) is 5.25. The van der Waals surface area contributed by atoms with Crippen LogP contribution in [-0.2, 0) is 21.5 Å². The Balaban J connectivity index is 2.00. The molecule has 1 atom stereocenters. The lowest BCUT2D eigenvalue weighted by Gasteiger charge is -2.39. The maximum absolute atomic E-state index is 14.9. The SMILES string of the molecule is COCC(=O)N1CC(N)=NC(c2cc(CC(=O)c3ncc(Br)cc3C)ccc2F)(C(F)F)C1. The number of methoxy groups -OCH3 is 1. The van der Waals surface area contributed by atoms with Crippen molar-refractivity contribution in [3.8, 4) is 0 Å². The third-order valence-electron chi connectivity index (χ3n) is 5.28. The van der Waals surface area contributed by atoms with Crippen molar-refractivity contribution in [2.24, 2.45) is 10.7 Å². The minimum absolute atomic E-state index is 0.176. The fourth-order valence-electron chi connectivity index (χ4n) is 3.76. The number of carbonyl (C=O) groups is 2. The molecule has 2 aromatic rings. The molecule has 0 spiro atoms. The standard InChI is InChI=1S/C22H22BrF3N4O3/c1-12-5-14(23)8-28-20(12)17(31)7-13-3-4-16(24)15(6-13)22(21(25)26)11-30(9-18(27)29-22)19(32)10-33-2/h3-6,8,21H,7,9-11H2,1-2H3,(H2,27,29). The summed E-state index contributed by atoms with van der Waals surface area (Å²) in [6, 6.07) is 5.25. The van der Waals surface area contributed by atoms with Crippen LogP contribution < -0.4 is 5.73 Å². The fourth-order valence-corrected chi connectivity index (χ4v) is 4.20. The fraction of sp³-hybridized carbons (Fsp3) is 0.364. The highest BCUT2D eigenvalue weighted by Gasteiger charge is 2.48. The number of nitrogens with zero attached hydrogens (tertiary/aromatic N) is 3. The molecule has 7 nitrogen and oxygen atoms in total. The van der Waals surface area contributed by atoms with Crippen molar-refractivity contribution in [1.82, 2.24) is 9.88 Å². The normalized spacial score (nSPS) is 18.4. The van der Waals surface area contributed by atoms with Gasteiger partial charge in [-0.05, 0) is 52.2 Å². The average Bonchev–Trinajstić information content (AvgIpc) is 2.74. The maximum Gasteiger partial charge on any atom is 0.269 e. The summed E-state index contributed by atoms with van der Waals surface area (Å²) < 4.78 is 49.2. The van der Waals surface area contributed by atoms with Crippen LogP contribution in [-0.4, -0.2) is 60.6 Å². The summed E-state index contributed by atoms with van der Waals surface area (Å²) in [5.41, 5.74) is 4.08. The third-order valence-corrected chi connectivity index (χ3v) is 5.71. The van der Waals surface area contributed by atoms with Gasteiger partial charge >= 0.3 is 0 Å². The lowest BCUT2D eigenvalue weighted by Crippen LogP contribution is -2.55. The van der Waals surface area contributed by atoms with Crippen LogP contribution in [0.1, 0.15) is 27.2 Å². The number of rotatable bonds is 7. The largest absolute Gasteiger partial charge is 0.386 e. The molecule has 2 N–H and O–H groups in total. The second-order valence-corrected chi connectivity index (χ2v) is 8.66. The van der Waals surface area contributed by atoms with Gasteiger partial charge in [0.25, 0.3) is 6.43 Å². The molecule has 33 heavy (non-hydrogen) atoms. The number of alkyl halides is 2. The number of aromatic nitrogens is 1. The molecule has 11 heteroatoms. The smallest absolute Gasteiger partial charge is 0.269 e. The highest BCUT2D eigenvalue weighted by atomic mass is 79.9. The molecule has 0 radical (unpaired) electrons. The van der Waals surface area contributed by atoms with Gasteiger partial charge in [0.05, 0.1) is 13.1 Å². The lowest BCUT2D eigenvalue weighted by molar-refractivity contribution is -0.136. The topological polar surface area (TPSA) is 97.9 Å². The number of pyridine rings is 1. The van der Waals surface area contributed by atoms with Gasteiger partial charge in [-0.2, -0.15) is 0 Å². The van der Waals surface area contributed by atoms with Crippen LogP contribution in [0.3, 0.4) is 0 Å². The molecule has 3 rings (SSSR count). The van der Waals surface area contributed by atoms with Crippen LogP contribution in [0.2, 0.25) is 0 Å². The molecule has 1 amide bonds. The Kier molecular flexibility index (Phi) is 7.53. The molecule has 0 aliphatic carbocycles. The summed E-state index contributed by atoms with van der Waals surface area (Å²) in [6.45, 7) is 0.612. The number of amides is 1. The second-order valence-electron chi connectivity index (χ2n) is 7.74. The first kappa shape index (κ1) is 24.8. The van der Waals surface area contributed by atoms with Gasteiger partial charge in [-0.3, -0.25) is 19.6 Å². The molecule has 2 heterocycles. The number of nitrogens with two attached hydrogens (primary N) is 1. The van der Waals surface area contributed by atoms with Crippen LogP contribution in [0.25, 0.3) is 0 Å². The summed E-state index contributed by atoms with van der Waals surface area (Å²) in [5, 5.41) is 0. The van der Waals surface area contributed by atoms with Crippen LogP contribution in [0.15, 0.2) is 39.9 Å². The van der Waals surface area contributed by atoms with Crippen LogP contribution >= 0.6 is 15.9 Å². The molecule has 0 fully saturated rings. The summed E-state index contributed by atoms with van der Waals surface area (Å²) >= 11 is 3.28. The first-order chi connectivity index (χ1) is 15.6. The Morgan fingerprint density at radius 2 is 2.06 bits per heavy atom. The van der Waals surface area contributed by atoms with Crippen molar-refractivity contribution in [3.63, 3.8) is 0 Å². The van der Waals surface area contributed by atoms with Gasteiger partial charge < -0.3 is 15.4 Å². The Bertz CT molecular complexity index is 1110. The van der Waals surface area contributed by atoms with Crippen molar-refractivity contribution < 1.29 is 27.5 Å². The molecule has 0 saturated heterocycles. The van der Waals surface area contributed by atoms with Gasteiger partial charge in [0.15, 0.2) is 11.3 Å². The number of Topliss-reactive ketones (excluding diaryl/α,β-unsaturated/α-hetero) is 1. The van der Waals surface area contributed by atoms with Crippen molar-refractivity contribution in [1.29, 1.82) is 0 Å². The van der Waals surface area contributed by atoms with E-state index in [1.807, 2.05) is 0 Å². The molecule has 0 bridgehead atoms. The van der Waals surface area contributed by atoms with Crippen molar-refractivity contribution >= 4 is 33.5 Å². The molecule has 1 unspecified atom stereocenters. The zero-order valence-corrected chi connectivity index (χ0v) is 19.5. The van der Waals surface area contributed by atoms with Gasteiger partial charge in [-0.1, -0.05) is 6.07 Å². The molecule has 176 valence electrons. The van der Waals surface area contributed by atoms with E-state index in [4.69, 9.17) is 10.5 Å². The number of benzene rings is 1. The van der Waals surface area contributed by atoms with E-state index in [0.29, 0.717) is 15.6 Å². The van der Waals surface area contributed by atoms with E-state index >= 15 is 0 Å². The van der Waals surface area contributed by atoms with Crippen molar-refractivity contribution in [2.45, 2.75) is 25.3 Å². The predicted octanol–water partition coefficient (Wildman–Crippen LogP) is 3.02. The Morgan fingerprint density at radius 1 is 1.33 bits per heavy atom. The zero-order valence-electron chi connectivity index (χ0n) is 17.9. The minimum Gasteiger partial charge on any atom is -0.386 e. The number of hydrogen-bond donors (Lipinski definition) is 1. The van der Waals surface area contributed by atoms with E-state index in [2.05, 4.69) is 25.9 Å². The van der Waals surface area contributed by atoms with E-state index < -0.39 is 35.8 Å². The quantitative estimate of drug-likeness (QED) is 0.559. The van der Waals surface area contributed by atoms with E-state index in [-0.39, 0.29) is 36.9 Å². The average molecular weight is 527 g/mol. The first-order valence-electron chi connectivity index (χ1n) is 9.90. The number of aliphatic imine (C=N–C) groups is 1. The van der Waals surface area contributed by atoms with Crippen molar-refractivity contribution in [3.05, 3.63) is 63.1 Å². The Labute approximate surface area is 197 Å². The Hall–Kier alpha value is -2.79. The minimum atomic E-state index is -3.18. The van der Waals surface area contributed by atoms with Gasteiger partial charge in [-0.15, -0.1) is 0 Å². The van der Waals surface area contributed by atoms with Gasteiger partial charge in [-0.25, -0.2) is 13.2 Å². The second kappa shape index (κ2) is 10.0. The summed E-state index contributed by atoms with van der Waals surface area (Å²) in [7, 11) is 1.29. The number of halogens is 4. The number of ketones is 1. The molecule has 1 aromatic carbocycles. The van der Waals surface area contributed by atoms with E-state index in [0.717, 1.165) is 11.0 Å². The van der Waals surface area contributed by atoms with Gasteiger partial charge in [0.2, 0.25) is 5.91 Å². The number of aryl methyl sites for hydroxylation is 1. The zero-order chi connectivity index (χ0) is 24.3. The monoisotopic (exact) mass is 526 g/mol. The van der Waals surface area contributed by atoms with Crippen molar-refractivity contribution in [2.75, 3.05) is 26.8 Å². The number of ether oxygens (including phenoxy) is 1. The Morgan fingerprint density at radius 3 is 2.70 bits per heavy atom. The molecule has 1 aliphatic rings. The molecular formula is C22H22BrF3N4O3. The summed E-state index contributed by atoms with van der Waals surface area (Å²) in [5.74, 6) is -2.11. The lowest BCUT2D eigenvalue weighted by atomic mass is 9.86. The molecule has 1 aromatic heterocycles. The van der Waals surface area contributed by atoms with Crippen LogP contribution in [0.4, 0.5) is 13.2 Å². The van der Waals surface area contributed by atoms with E-state index in [1.54, 1.807) is 13.0 Å². The molecule has 1 aliphatic heterocycles. The highest BCUT2D eigenvalue weighted by Crippen LogP contribution is 2.38. The number of amidine groups is 1. The van der Waals surface area contributed by atoms with E-state index in [9.17, 15) is 22.8 Å². The van der Waals surface area contributed by atoms with Crippen LogP contribution in [0.5, 0.6) is 0 Å². The van der Waals surface area contributed by atoms with Crippen LogP contribution in [0, 0.1) is 12.7 Å². The summed E-state index contributed by atoms with van der Waals surface area (Å²) in [6.07, 6.45) is -1.88. The summed E-state index contributed by atoms with van der Waals surface area (Å²) in [4.78, 5) is 34.1.